The number of hydrogen-bond donors (Lipinski definition) is 2. The molecule has 1 amide bonds. The molecule has 2 rings (SSSR count). The van der Waals surface area contributed by atoms with Crippen molar-refractivity contribution in [3.05, 3.63) is 76.9 Å². The Morgan fingerprint density at radius 3 is 2.35 bits per heavy atom. The van der Waals surface area contributed by atoms with Crippen LogP contribution in [-0.4, -0.2) is 20.0 Å². The molecule has 3 nitrogen and oxygen atoms in total. The lowest BCUT2D eigenvalue weighted by atomic mass is 10.1. The van der Waals surface area contributed by atoms with Gasteiger partial charge in [-0.1, -0.05) is 48.5 Å². The van der Waals surface area contributed by atoms with Gasteiger partial charge in [-0.05, 0) is 29.7 Å². The van der Waals surface area contributed by atoms with E-state index in [1.165, 1.54) is 10.5 Å². The van der Waals surface area contributed by atoms with Gasteiger partial charge in [-0.25, -0.2) is 0 Å². The van der Waals surface area contributed by atoms with Gasteiger partial charge in [0.15, 0.2) is 0 Å². The van der Waals surface area contributed by atoms with Crippen LogP contribution in [0.25, 0.3) is 6.08 Å². The molecule has 0 aromatic heterocycles. The van der Waals surface area contributed by atoms with Gasteiger partial charge >= 0.3 is 0 Å². The molecule has 2 aromatic rings. The Hall–Kier alpha value is -2.39. The third-order valence-electron chi connectivity index (χ3n) is 3.65. The smallest absolute Gasteiger partial charge is 0.244 e. The summed E-state index contributed by atoms with van der Waals surface area (Å²) in [6.45, 7) is 3.59. The maximum absolute atomic E-state index is 11.9. The second-order valence-electron chi connectivity index (χ2n) is 6.11. The van der Waals surface area contributed by atoms with Gasteiger partial charge in [0.2, 0.25) is 5.91 Å². The molecule has 0 aliphatic rings. The van der Waals surface area contributed by atoms with Gasteiger partial charge in [0.05, 0.1) is 14.1 Å². The highest BCUT2D eigenvalue weighted by molar-refractivity contribution is 5.91. The molecule has 0 aliphatic carbocycles. The first-order valence-corrected chi connectivity index (χ1v) is 7.93. The number of hydrogen-bond acceptors (Lipinski definition) is 1. The van der Waals surface area contributed by atoms with E-state index in [-0.39, 0.29) is 5.91 Å². The Morgan fingerprint density at radius 2 is 1.70 bits per heavy atom. The Kier molecular flexibility index (Phi) is 6.12. The largest absolute Gasteiger partial charge is 0.348 e. The average Bonchev–Trinajstić information content (AvgIpc) is 2.53. The minimum Gasteiger partial charge on any atom is -0.348 e. The van der Waals surface area contributed by atoms with E-state index in [1.807, 2.05) is 37.3 Å². The van der Waals surface area contributed by atoms with E-state index < -0.39 is 0 Å². The zero-order valence-corrected chi connectivity index (χ0v) is 14.1. The second-order valence-corrected chi connectivity index (χ2v) is 6.11. The van der Waals surface area contributed by atoms with E-state index in [0.29, 0.717) is 6.54 Å². The molecule has 0 heterocycles. The minimum atomic E-state index is -0.0740. The van der Waals surface area contributed by atoms with Gasteiger partial charge < -0.3 is 10.2 Å². The van der Waals surface area contributed by atoms with Crippen LogP contribution in [0.5, 0.6) is 0 Å². The first kappa shape index (κ1) is 17.0. The maximum Gasteiger partial charge on any atom is 0.244 e. The molecule has 0 atom stereocenters. The lowest BCUT2D eigenvalue weighted by Gasteiger charge is -2.08. The second kappa shape index (κ2) is 8.30. The van der Waals surface area contributed by atoms with Crippen molar-refractivity contribution in [2.75, 3.05) is 14.1 Å². The third-order valence-corrected chi connectivity index (χ3v) is 3.65. The summed E-state index contributed by atoms with van der Waals surface area (Å²) in [4.78, 5) is 13.3. The van der Waals surface area contributed by atoms with E-state index in [9.17, 15) is 4.79 Å². The van der Waals surface area contributed by atoms with Crippen LogP contribution in [0, 0.1) is 6.92 Å². The highest BCUT2D eigenvalue weighted by Crippen LogP contribution is 2.08. The van der Waals surface area contributed by atoms with Crippen molar-refractivity contribution in [2.45, 2.75) is 20.0 Å². The SMILES string of the molecule is Cc1ccccc1/C=C/C(=O)NCc1ccc(C[NH+](C)C)cc1. The predicted molar refractivity (Wildman–Crippen MR) is 95.0 cm³/mol. The number of amides is 1. The molecule has 0 saturated carbocycles. The van der Waals surface area contributed by atoms with Crippen LogP contribution in [0.1, 0.15) is 22.3 Å². The standard InChI is InChI=1S/C20H24N2O/c1-16-6-4-5-7-19(16)12-13-20(23)21-14-17-8-10-18(11-9-17)15-22(2)3/h4-13H,14-15H2,1-3H3,(H,21,23)/p+1/b13-12+. The number of aryl methyl sites for hydroxylation is 1. The van der Waals surface area contributed by atoms with Crippen LogP contribution in [0.15, 0.2) is 54.6 Å². The third kappa shape index (κ3) is 5.72. The molecule has 0 unspecified atom stereocenters. The van der Waals surface area contributed by atoms with Gasteiger partial charge in [0, 0.05) is 18.2 Å². The molecule has 0 fully saturated rings. The summed E-state index contributed by atoms with van der Waals surface area (Å²) in [6.07, 6.45) is 3.44. The molecule has 0 aliphatic heterocycles. The van der Waals surface area contributed by atoms with Crippen LogP contribution in [0.2, 0.25) is 0 Å². The van der Waals surface area contributed by atoms with Crippen molar-refractivity contribution in [3.8, 4) is 0 Å². The fraction of sp³-hybridized carbons (Fsp3) is 0.250. The van der Waals surface area contributed by atoms with E-state index in [1.54, 1.807) is 6.08 Å². The molecule has 2 aromatic carbocycles. The van der Waals surface area contributed by atoms with E-state index >= 15 is 0 Å². The van der Waals surface area contributed by atoms with Crippen LogP contribution < -0.4 is 10.2 Å². The molecule has 120 valence electrons. The summed E-state index contributed by atoms with van der Waals surface area (Å²) in [5.74, 6) is -0.0740. The molecule has 3 heteroatoms. The zero-order valence-electron chi connectivity index (χ0n) is 14.1. The topological polar surface area (TPSA) is 33.5 Å². The first-order chi connectivity index (χ1) is 11.0. The Labute approximate surface area is 138 Å². The Bertz CT molecular complexity index is 672. The number of nitrogens with one attached hydrogen (secondary N) is 2. The van der Waals surface area contributed by atoms with Gasteiger partial charge in [-0.3, -0.25) is 4.79 Å². The fourth-order valence-corrected chi connectivity index (χ4v) is 2.37. The molecule has 0 bridgehead atoms. The number of rotatable bonds is 6. The Balaban J connectivity index is 1.86. The number of quaternary nitrogens is 1. The van der Waals surface area contributed by atoms with E-state index in [0.717, 1.165) is 23.2 Å². The number of carbonyl (C=O) groups is 1. The lowest BCUT2D eigenvalue weighted by Crippen LogP contribution is -3.04. The van der Waals surface area contributed by atoms with Gasteiger partial charge in [-0.2, -0.15) is 0 Å². The summed E-state index contributed by atoms with van der Waals surface area (Å²) in [6, 6.07) is 16.4. The number of carbonyl (C=O) groups excluding carboxylic acids is 1. The van der Waals surface area contributed by atoms with Crippen LogP contribution in [-0.2, 0) is 17.9 Å². The highest BCUT2D eigenvalue weighted by Gasteiger charge is 2.00. The molecule has 23 heavy (non-hydrogen) atoms. The summed E-state index contributed by atoms with van der Waals surface area (Å²) in [5, 5.41) is 2.92. The predicted octanol–water partition coefficient (Wildman–Crippen LogP) is 1.97. The van der Waals surface area contributed by atoms with Gasteiger partial charge in [0.1, 0.15) is 6.54 Å². The lowest BCUT2D eigenvalue weighted by molar-refractivity contribution is -0.872. The highest BCUT2D eigenvalue weighted by atomic mass is 16.1. The van der Waals surface area contributed by atoms with E-state index in [4.69, 9.17) is 0 Å². The fourth-order valence-electron chi connectivity index (χ4n) is 2.37. The number of benzene rings is 2. The molecule has 0 radical (unpaired) electrons. The van der Waals surface area contributed by atoms with Crippen LogP contribution in [0.4, 0.5) is 0 Å². The molecule has 0 spiro atoms. The summed E-state index contributed by atoms with van der Waals surface area (Å²) in [7, 11) is 4.27. The summed E-state index contributed by atoms with van der Waals surface area (Å²) >= 11 is 0. The summed E-state index contributed by atoms with van der Waals surface area (Å²) in [5.41, 5.74) is 4.65. The minimum absolute atomic E-state index is 0.0740. The van der Waals surface area contributed by atoms with Crippen molar-refractivity contribution in [3.63, 3.8) is 0 Å². The van der Waals surface area contributed by atoms with Crippen molar-refractivity contribution in [1.29, 1.82) is 0 Å². The first-order valence-electron chi connectivity index (χ1n) is 7.93. The molecular formula is C20H25N2O+. The molecule has 0 saturated heterocycles. The van der Waals surface area contributed by atoms with Crippen molar-refractivity contribution in [2.24, 2.45) is 0 Å². The maximum atomic E-state index is 11.9. The van der Waals surface area contributed by atoms with Crippen molar-refractivity contribution < 1.29 is 9.69 Å². The van der Waals surface area contributed by atoms with Crippen molar-refractivity contribution in [1.82, 2.24) is 5.32 Å². The Morgan fingerprint density at radius 1 is 1.04 bits per heavy atom. The average molecular weight is 309 g/mol. The van der Waals surface area contributed by atoms with E-state index in [2.05, 4.69) is 43.7 Å². The normalized spacial score (nSPS) is 11.1. The van der Waals surface area contributed by atoms with Gasteiger partial charge in [0.25, 0.3) is 0 Å². The molecule has 2 N–H and O–H groups in total. The molecular weight excluding hydrogens is 284 g/mol. The monoisotopic (exact) mass is 309 g/mol. The van der Waals surface area contributed by atoms with Crippen molar-refractivity contribution >= 4 is 12.0 Å². The van der Waals surface area contributed by atoms with Crippen LogP contribution in [0.3, 0.4) is 0 Å². The van der Waals surface area contributed by atoms with Gasteiger partial charge in [-0.15, -0.1) is 0 Å². The summed E-state index contributed by atoms with van der Waals surface area (Å²) < 4.78 is 0. The van der Waals surface area contributed by atoms with Crippen LogP contribution >= 0.6 is 0 Å². The quantitative estimate of drug-likeness (QED) is 0.786. The zero-order chi connectivity index (χ0) is 16.7.